The monoisotopic (exact) mass is 289 g/mol. The van der Waals surface area contributed by atoms with E-state index in [1.807, 2.05) is 31.3 Å². The van der Waals surface area contributed by atoms with E-state index >= 15 is 0 Å². The Hall–Kier alpha value is -1.88. The van der Waals surface area contributed by atoms with Gasteiger partial charge in [0, 0.05) is 31.9 Å². The van der Waals surface area contributed by atoms with E-state index in [2.05, 4.69) is 24.1 Å². The summed E-state index contributed by atoms with van der Waals surface area (Å²) in [6, 6.07) is 7.61. The fourth-order valence-corrected chi connectivity index (χ4v) is 2.44. The second-order valence-corrected chi connectivity index (χ2v) is 5.79. The van der Waals surface area contributed by atoms with Crippen LogP contribution in [0.1, 0.15) is 25.3 Å². The van der Waals surface area contributed by atoms with Gasteiger partial charge in [0.1, 0.15) is 0 Å². The van der Waals surface area contributed by atoms with Crippen molar-refractivity contribution in [1.29, 1.82) is 0 Å². The summed E-state index contributed by atoms with van der Waals surface area (Å²) in [7, 11) is 2.01. The zero-order valence-electron chi connectivity index (χ0n) is 12.9. The number of piperazine rings is 1. The van der Waals surface area contributed by atoms with Crippen LogP contribution in [0.2, 0.25) is 0 Å². The molecule has 0 unspecified atom stereocenters. The Morgan fingerprint density at radius 1 is 1.10 bits per heavy atom. The molecule has 0 atom stereocenters. The fraction of sp³-hybridized carbons (Fsp3) is 0.500. The van der Waals surface area contributed by atoms with Gasteiger partial charge >= 0.3 is 11.8 Å². The zero-order valence-corrected chi connectivity index (χ0v) is 12.9. The highest BCUT2D eigenvalue weighted by Gasteiger charge is 2.25. The number of hydrogen-bond donors (Lipinski definition) is 1. The van der Waals surface area contributed by atoms with Crippen LogP contribution in [0.5, 0.6) is 0 Å². The van der Waals surface area contributed by atoms with Crippen molar-refractivity contribution < 1.29 is 9.59 Å². The Bertz CT molecular complexity index is 520. The van der Waals surface area contributed by atoms with Crippen molar-refractivity contribution in [2.24, 2.45) is 0 Å². The average Bonchev–Trinajstić information content (AvgIpc) is 2.47. The predicted molar refractivity (Wildman–Crippen MR) is 83.2 cm³/mol. The molecule has 1 aromatic rings. The van der Waals surface area contributed by atoms with E-state index in [1.54, 1.807) is 4.90 Å². The molecular weight excluding hydrogens is 266 g/mol. The molecular formula is C16H23N3O2. The third-order valence-electron chi connectivity index (χ3n) is 3.82. The summed E-state index contributed by atoms with van der Waals surface area (Å²) < 4.78 is 0. The van der Waals surface area contributed by atoms with Crippen molar-refractivity contribution >= 4 is 17.5 Å². The smallest absolute Gasteiger partial charge is 0.313 e. The molecule has 1 heterocycles. The minimum Gasteiger partial charge on any atom is -0.332 e. The van der Waals surface area contributed by atoms with E-state index in [1.165, 1.54) is 0 Å². The van der Waals surface area contributed by atoms with Crippen molar-refractivity contribution in [3.63, 3.8) is 0 Å². The molecule has 0 aromatic heterocycles. The molecule has 1 fully saturated rings. The Morgan fingerprint density at radius 2 is 1.71 bits per heavy atom. The van der Waals surface area contributed by atoms with Crippen LogP contribution in [0.4, 0.5) is 5.69 Å². The number of para-hydroxylation sites is 1. The zero-order chi connectivity index (χ0) is 15.4. The highest BCUT2D eigenvalue weighted by atomic mass is 16.2. The maximum atomic E-state index is 12.2. The normalized spacial score (nSPS) is 16.1. The van der Waals surface area contributed by atoms with E-state index in [0.717, 1.165) is 24.3 Å². The van der Waals surface area contributed by atoms with Gasteiger partial charge in [0.15, 0.2) is 0 Å². The topological polar surface area (TPSA) is 52.7 Å². The summed E-state index contributed by atoms with van der Waals surface area (Å²) in [5.74, 6) is -0.699. The maximum Gasteiger partial charge on any atom is 0.313 e. The number of hydrogen-bond acceptors (Lipinski definition) is 3. The minimum absolute atomic E-state index is 0.292. The molecule has 0 saturated carbocycles. The summed E-state index contributed by atoms with van der Waals surface area (Å²) in [5.41, 5.74) is 1.76. The Kier molecular flexibility index (Phi) is 4.96. The van der Waals surface area contributed by atoms with Crippen LogP contribution >= 0.6 is 0 Å². The molecule has 1 aliphatic heterocycles. The molecule has 1 aliphatic rings. The fourth-order valence-electron chi connectivity index (χ4n) is 2.44. The maximum absolute atomic E-state index is 12.2. The van der Waals surface area contributed by atoms with Gasteiger partial charge in [-0.15, -0.1) is 0 Å². The molecule has 5 nitrogen and oxygen atoms in total. The first-order valence-corrected chi connectivity index (χ1v) is 7.36. The lowest BCUT2D eigenvalue weighted by atomic mass is 10.0. The first-order valence-electron chi connectivity index (χ1n) is 7.36. The lowest BCUT2D eigenvalue weighted by molar-refractivity contribution is -0.144. The molecule has 1 aromatic carbocycles. The van der Waals surface area contributed by atoms with Gasteiger partial charge in [-0.1, -0.05) is 32.0 Å². The van der Waals surface area contributed by atoms with Crippen LogP contribution in [-0.2, 0) is 9.59 Å². The quantitative estimate of drug-likeness (QED) is 0.840. The van der Waals surface area contributed by atoms with Crippen molar-refractivity contribution in [1.82, 2.24) is 9.80 Å². The van der Waals surface area contributed by atoms with E-state index in [9.17, 15) is 9.59 Å². The largest absolute Gasteiger partial charge is 0.332 e. The van der Waals surface area contributed by atoms with Gasteiger partial charge in [0.2, 0.25) is 0 Å². The van der Waals surface area contributed by atoms with Crippen molar-refractivity contribution in [3.05, 3.63) is 29.8 Å². The molecule has 1 N–H and O–H groups in total. The van der Waals surface area contributed by atoms with Crippen molar-refractivity contribution in [2.45, 2.75) is 19.8 Å². The molecule has 2 rings (SSSR count). The van der Waals surface area contributed by atoms with Gasteiger partial charge in [-0.3, -0.25) is 9.59 Å². The lowest BCUT2D eigenvalue weighted by Crippen LogP contribution is -2.50. The number of likely N-dealkylation sites (N-methyl/N-ethyl adjacent to an activating group) is 1. The number of amides is 2. The Labute approximate surface area is 125 Å². The van der Waals surface area contributed by atoms with Crippen molar-refractivity contribution in [3.8, 4) is 0 Å². The summed E-state index contributed by atoms with van der Waals surface area (Å²) >= 11 is 0. The van der Waals surface area contributed by atoms with Gasteiger partial charge in [-0.25, -0.2) is 0 Å². The SMILES string of the molecule is CC(C)c1ccccc1NC(=O)C(=O)N1CCN(C)CC1. The van der Waals surface area contributed by atoms with Gasteiger partial charge in [-0.05, 0) is 24.6 Å². The highest BCUT2D eigenvalue weighted by molar-refractivity contribution is 6.39. The molecule has 2 amide bonds. The van der Waals surface area contributed by atoms with Gasteiger partial charge in [0.25, 0.3) is 0 Å². The molecule has 0 aliphatic carbocycles. The Balaban J connectivity index is 2.03. The molecule has 0 spiro atoms. The summed E-state index contributed by atoms with van der Waals surface area (Å²) in [5, 5.41) is 2.76. The van der Waals surface area contributed by atoms with Crippen LogP contribution < -0.4 is 5.32 Å². The van der Waals surface area contributed by atoms with Crippen LogP contribution in [0, 0.1) is 0 Å². The molecule has 21 heavy (non-hydrogen) atoms. The van der Waals surface area contributed by atoms with Crippen LogP contribution in [0.3, 0.4) is 0 Å². The molecule has 1 saturated heterocycles. The predicted octanol–water partition coefficient (Wildman–Crippen LogP) is 1.52. The van der Waals surface area contributed by atoms with Crippen LogP contribution in [0.25, 0.3) is 0 Å². The third-order valence-corrected chi connectivity index (χ3v) is 3.82. The standard InChI is InChI=1S/C16H23N3O2/c1-12(2)13-6-4-5-7-14(13)17-15(20)16(21)19-10-8-18(3)9-11-19/h4-7,12H,8-11H2,1-3H3,(H,17,20). The first-order chi connectivity index (χ1) is 9.99. The number of carbonyl (C=O) groups is 2. The highest BCUT2D eigenvalue weighted by Crippen LogP contribution is 2.23. The van der Waals surface area contributed by atoms with Gasteiger partial charge < -0.3 is 15.1 Å². The Morgan fingerprint density at radius 3 is 2.33 bits per heavy atom. The number of nitrogens with zero attached hydrogens (tertiary/aromatic N) is 2. The lowest BCUT2D eigenvalue weighted by Gasteiger charge is -2.31. The van der Waals surface area contributed by atoms with Crippen molar-refractivity contribution in [2.75, 3.05) is 38.5 Å². The molecule has 0 bridgehead atoms. The van der Waals surface area contributed by atoms with Gasteiger partial charge in [0.05, 0.1) is 0 Å². The third kappa shape index (κ3) is 3.82. The van der Waals surface area contributed by atoms with Gasteiger partial charge in [-0.2, -0.15) is 0 Å². The van der Waals surface area contributed by atoms with Crippen LogP contribution in [0.15, 0.2) is 24.3 Å². The number of carbonyl (C=O) groups excluding carboxylic acids is 2. The second kappa shape index (κ2) is 6.72. The number of nitrogens with one attached hydrogen (secondary N) is 1. The molecule has 0 radical (unpaired) electrons. The molecule has 114 valence electrons. The molecule has 5 heteroatoms. The summed E-state index contributed by atoms with van der Waals surface area (Å²) in [6.45, 7) is 6.95. The van der Waals surface area contributed by atoms with E-state index in [4.69, 9.17) is 0 Å². The van der Waals surface area contributed by atoms with E-state index < -0.39 is 11.8 Å². The summed E-state index contributed by atoms with van der Waals surface area (Å²) in [6.07, 6.45) is 0. The average molecular weight is 289 g/mol. The van der Waals surface area contributed by atoms with E-state index in [-0.39, 0.29) is 0 Å². The minimum atomic E-state index is -0.548. The first kappa shape index (κ1) is 15.5. The van der Waals surface area contributed by atoms with E-state index in [0.29, 0.717) is 19.0 Å². The van der Waals surface area contributed by atoms with Crippen LogP contribution in [-0.4, -0.2) is 54.8 Å². The second-order valence-electron chi connectivity index (χ2n) is 5.79. The number of rotatable bonds is 2. The summed E-state index contributed by atoms with van der Waals surface area (Å²) in [4.78, 5) is 28.1. The number of benzene rings is 1. The number of anilines is 1.